The predicted molar refractivity (Wildman–Crippen MR) is 65.3 cm³/mol. The van der Waals surface area contributed by atoms with Crippen molar-refractivity contribution in [2.45, 2.75) is 20.4 Å². The molecule has 2 N–H and O–H groups in total. The summed E-state index contributed by atoms with van der Waals surface area (Å²) in [5.41, 5.74) is 4.78. The molecule has 19 heavy (non-hydrogen) atoms. The number of nitrogens with zero attached hydrogens (tertiary/aromatic N) is 3. The first-order valence-corrected chi connectivity index (χ1v) is 5.71. The van der Waals surface area contributed by atoms with Crippen molar-refractivity contribution in [2.24, 2.45) is 5.73 Å². The van der Waals surface area contributed by atoms with Crippen LogP contribution in [0.15, 0.2) is 24.4 Å². The van der Waals surface area contributed by atoms with E-state index < -0.39 is 17.5 Å². The smallest absolute Gasteiger partial charge is 0.270 e. The molecule has 0 aliphatic carbocycles. The standard InChI is InChI=1S/C10H8F2N4O.C2H6/c11-7-2-1-3-8(12)6(7)4-16-5-9(10(13)17)14-15-16;1-2/h1-3,5H,4H2,(H2,13,17);1-2H3. The Kier molecular flexibility index (Phi) is 5.11. The van der Waals surface area contributed by atoms with Gasteiger partial charge in [0, 0.05) is 5.56 Å². The van der Waals surface area contributed by atoms with Gasteiger partial charge in [0.25, 0.3) is 5.91 Å². The van der Waals surface area contributed by atoms with Crippen LogP contribution in [0.3, 0.4) is 0 Å². The highest BCUT2D eigenvalue weighted by Crippen LogP contribution is 2.13. The summed E-state index contributed by atoms with van der Waals surface area (Å²) in [5.74, 6) is -2.10. The van der Waals surface area contributed by atoms with Crippen LogP contribution in [0.25, 0.3) is 0 Å². The quantitative estimate of drug-likeness (QED) is 0.921. The van der Waals surface area contributed by atoms with Crippen molar-refractivity contribution in [3.63, 3.8) is 0 Å². The fourth-order valence-corrected chi connectivity index (χ4v) is 1.33. The van der Waals surface area contributed by atoms with Gasteiger partial charge in [-0.3, -0.25) is 4.79 Å². The minimum Gasteiger partial charge on any atom is -0.364 e. The second-order valence-electron chi connectivity index (χ2n) is 3.37. The summed E-state index contributed by atoms with van der Waals surface area (Å²) >= 11 is 0. The van der Waals surface area contributed by atoms with Crippen LogP contribution in [0.2, 0.25) is 0 Å². The summed E-state index contributed by atoms with van der Waals surface area (Å²) in [7, 11) is 0. The Morgan fingerprint density at radius 3 is 2.37 bits per heavy atom. The van der Waals surface area contributed by atoms with Crippen LogP contribution in [-0.2, 0) is 6.54 Å². The molecule has 0 spiro atoms. The summed E-state index contributed by atoms with van der Waals surface area (Å²) in [6.07, 6.45) is 1.23. The number of nitrogens with two attached hydrogens (primary N) is 1. The van der Waals surface area contributed by atoms with Crippen LogP contribution in [0, 0.1) is 11.6 Å². The number of hydrogen-bond donors (Lipinski definition) is 1. The average molecular weight is 268 g/mol. The van der Waals surface area contributed by atoms with Gasteiger partial charge in [-0.2, -0.15) is 0 Å². The summed E-state index contributed by atoms with van der Waals surface area (Å²) in [5, 5.41) is 7.01. The van der Waals surface area contributed by atoms with E-state index >= 15 is 0 Å². The van der Waals surface area contributed by atoms with Crippen LogP contribution in [0.5, 0.6) is 0 Å². The third kappa shape index (κ3) is 3.57. The number of rotatable bonds is 3. The van der Waals surface area contributed by atoms with Crippen molar-refractivity contribution in [3.05, 3.63) is 47.3 Å². The van der Waals surface area contributed by atoms with E-state index in [1.807, 2.05) is 13.8 Å². The topological polar surface area (TPSA) is 73.8 Å². The molecule has 0 saturated heterocycles. The maximum atomic E-state index is 13.3. The fraction of sp³-hybridized carbons (Fsp3) is 0.250. The maximum absolute atomic E-state index is 13.3. The zero-order valence-electron chi connectivity index (χ0n) is 10.6. The number of halogens is 2. The van der Waals surface area contributed by atoms with E-state index in [1.54, 1.807) is 0 Å². The zero-order chi connectivity index (χ0) is 14.4. The Morgan fingerprint density at radius 1 is 1.32 bits per heavy atom. The number of aromatic nitrogens is 3. The molecule has 102 valence electrons. The number of hydrogen-bond acceptors (Lipinski definition) is 3. The Labute approximate surface area is 109 Å². The molecule has 5 nitrogen and oxygen atoms in total. The van der Waals surface area contributed by atoms with Gasteiger partial charge in [0.05, 0.1) is 12.7 Å². The fourth-order valence-electron chi connectivity index (χ4n) is 1.33. The lowest BCUT2D eigenvalue weighted by molar-refractivity contribution is 0.0995. The number of benzene rings is 1. The van der Waals surface area contributed by atoms with Crippen LogP contribution >= 0.6 is 0 Å². The monoisotopic (exact) mass is 268 g/mol. The SMILES string of the molecule is CC.NC(=O)c1cn(Cc2c(F)cccc2F)nn1. The van der Waals surface area contributed by atoms with Crippen molar-refractivity contribution in [1.82, 2.24) is 15.0 Å². The highest BCUT2D eigenvalue weighted by molar-refractivity contribution is 5.90. The van der Waals surface area contributed by atoms with Crippen LogP contribution in [0.4, 0.5) is 8.78 Å². The molecule has 0 aliphatic rings. The van der Waals surface area contributed by atoms with Gasteiger partial charge < -0.3 is 5.73 Å². The molecular weight excluding hydrogens is 254 g/mol. The normalized spacial score (nSPS) is 9.68. The minimum absolute atomic E-state index is 0.0539. The van der Waals surface area contributed by atoms with E-state index in [1.165, 1.54) is 12.3 Å². The van der Waals surface area contributed by atoms with E-state index in [-0.39, 0.29) is 17.8 Å². The molecule has 7 heteroatoms. The first-order valence-electron chi connectivity index (χ1n) is 5.71. The number of carbonyl (C=O) groups is 1. The van der Waals surface area contributed by atoms with E-state index in [4.69, 9.17) is 5.73 Å². The van der Waals surface area contributed by atoms with Gasteiger partial charge in [-0.15, -0.1) is 5.10 Å². The zero-order valence-corrected chi connectivity index (χ0v) is 10.6. The average Bonchev–Trinajstić information content (AvgIpc) is 2.85. The van der Waals surface area contributed by atoms with Gasteiger partial charge in [0.1, 0.15) is 11.6 Å². The largest absolute Gasteiger partial charge is 0.364 e. The molecule has 2 rings (SSSR count). The molecule has 1 amide bonds. The summed E-state index contributed by atoms with van der Waals surface area (Å²) in [6.45, 7) is 3.85. The Balaban J connectivity index is 0.000000861. The molecule has 0 unspecified atom stereocenters. The van der Waals surface area contributed by atoms with Gasteiger partial charge in [0.2, 0.25) is 0 Å². The molecule has 0 saturated carbocycles. The van der Waals surface area contributed by atoms with Crippen molar-refractivity contribution >= 4 is 5.91 Å². The molecule has 0 radical (unpaired) electrons. The molecule has 0 aliphatic heterocycles. The van der Waals surface area contributed by atoms with Gasteiger partial charge in [0.15, 0.2) is 5.69 Å². The lowest BCUT2D eigenvalue weighted by Gasteiger charge is -2.03. The molecule has 0 atom stereocenters. The highest BCUT2D eigenvalue weighted by Gasteiger charge is 2.11. The number of primary amides is 1. The van der Waals surface area contributed by atoms with Crippen LogP contribution < -0.4 is 5.73 Å². The predicted octanol–water partition coefficient (Wildman–Crippen LogP) is 1.73. The second kappa shape index (κ2) is 6.58. The second-order valence-corrected chi connectivity index (χ2v) is 3.37. The first-order chi connectivity index (χ1) is 9.08. The van der Waals surface area contributed by atoms with E-state index in [2.05, 4.69) is 10.3 Å². The summed E-state index contributed by atoms with van der Waals surface area (Å²) in [4.78, 5) is 10.8. The van der Waals surface area contributed by atoms with Crippen molar-refractivity contribution in [2.75, 3.05) is 0 Å². The third-order valence-corrected chi connectivity index (χ3v) is 2.17. The minimum atomic E-state index is -0.745. The Bertz CT molecular complexity index is 548. The summed E-state index contributed by atoms with van der Waals surface area (Å²) < 4.78 is 27.8. The van der Waals surface area contributed by atoms with Crippen LogP contribution in [-0.4, -0.2) is 20.9 Å². The van der Waals surface area contributed by atoms with Crippen molar-refractivity contribution in [1.29, 1.82) is 0 Å². The molecule has 0 bridgehead atoms. The molecule has 1 aromatic carbocycles. The maximum Gasteiger partial charge on any atom is 0.270 e. The number of carbonyl (C=O) groups excluding carboxylic acids is 1. The van der Waals surface area contributed by atoms with Gasteiger partial charge >= 0.3 is 0 Å². The van der Waals surface area contributed by atoms with Gasteiger partial charge in [-0.25, -0.2) is 13.5 Å². The Morgan fingerprint density at radius 2 is 1.89 bits per heavy atom. The van der Waals surface area contributed by atoms with Crippen molar-refractivity contribution < 1.29 is 13.6 Å². The van der Waals surface area contributed by atoms with E-state index in [9.17, 15) is 13.6 Å². The van der Waals surface area contributed by atoms with Gasteiger partial charge in [-0.05, 0) is 12.1 Å². The molecule has 2 aromatic rings. The van der Waals surface area contributed by atoms with E-state index in [0.717, 1.165) is 16.8 Å². The summed E-state index contributed by atoms with van der Waals surface area (Å²) in [6, 6.07) is 3.55. The molecule has 0 fully saturated rings. The lowest BCUT2D eigenvalue weighted by Crippen LogP contribution is -2.11. The first kappa shape index (κ1) is 14.7. The van der Waals surface area contributed by atoms with Crippen LogP contribution in [0.1, 0.15) is 29.9 Å². The van der Waals surface area contributed by atoms with Gasteiger partial charge in [-0.1, -0.05) is 25.1 Å². The Hall–Kier alpha value is -2.31. The van der Waals surface area contributed by atoms with Crippen molar-refractivity contribution in [3.8, 4) is 0 Å². The number of amides is 1. The lowest BCUT2D eigenvalue weighted by atomic mass is 10.2. The third-order valence-electron chi connectivity index (χ3n) is 2.17. The molecule has 1 heterocycles. The molecular formula is C12H14F2N4O. The molecule has 1 aromatic heterocycles. The highest BCUT2D eigenvalue weighted by atomic mass is 19.1. The van der Waals surface area contributed by atoms with E-state index in [0.29, 0.717) is 0 Å².